The van der Waals surface area contributed by atoms with Crippen molar-refractivity contribution in [3.63, 3.8) is 0 Å². The van der Waals surface area contributed by atoms with Gasteiger partial charge in [-0.15, -0.1) is 0 Å². The standard InChI is InChI=1S/2C7H12O4/c1-5(2)7(10)11-4-6(9)3-8;1-5(2)7(10)11-6(3-8)4-9/h2*6,8-9H,1,3-4H2,2H3. The van der Waals surface area contributed by atoms with Gasteiger partial charge in [0.15, 0.2) is 0 Å². The third-order valence-electron chi connectivity index (χ3n) is 2.00. The van der Waals surface area contributed by atoms with Crippen LogP contribution in [0.3, 0.4) is 0 Å². The molecule has 1 atom stereocenters. The maximum Gasteiger partial charge on any atom is 0.333 e. The summed E-state index contributed by atoms with van der Waals surface area (Å²) in [7, 11) is 0. The fourth-order valence-electron chi connectivity index (χ4n) is 0.732. The number of aliphatic hydroxyl groups is 4. The van der Waals surface area contributed by atoms with Crippen LogP contribution >= 0.6 is 0 Å². The first kappa shape index (κ1) is 22.5. The third kappa shape index (κ3) is 12.0. The molecule has 0 aromatic heterocycles. The minimum Gasteiger partial charge on any atom is -0.460 e. The van der Waals surface area contributed by atoms with E-state index < -0.39 is 30.8 Å². The van der Waals surface area contributed by atoms with Crippen LogP contribution in [0.15, 0.2) is 24.3 Å². The Balaban J connectivity index is 0. The van der Waals surface area contributed by atoms with Gasteiger partial charge in [-0.2, -0.15) is 0 Å². The van der Waals surface area contributed by atoms with Gasteiger partial charge in [-0.1, -0.05) is 13.2 Å². The number of carbonyl (C=O) groups excluding carboxylic acids is 2. The molecule has 0 fully saturated rings. The predicted octanol–water partition coefficient (Wildman–Crippen LogP) is -1.08. The Morgan fingerprint density at radius 1 is 0.955 bits per heavy atom. The van der Waals surface area contributed by atoms with Crippen molar-refractivity contribution in [2.45, 2.75) is 26.1 Å². The highest BCUT2D eigenvalue weighted by Crippen LogP contribution is 1.97. The van der Waals surface area contributed by atoms with Crippen LogP contribution < -0.4 is 0 Å². The number of aliphatic hydroxyl groups excluding tert-OH is 4. The van der Waals surface area contributed by atoms with Crippen molar-refractivity contribution in [3.05, 3.63) is 24.3 Å². The zero-order chi connectivity index (χ0) is 17.7. The van der Waals surface area contributed by atoms with Gasteiger partial charge in [-0.3, -0.25) is 0 Å². The Morgan fingerprint density at radius 3 is 1.73 bits per heavy atom. The first-order chi connectivity index (χ1) is 10.2. The number of esters is 2. The van der Waals surface area contributed by atoms with E-state index in [1.807, 2.05) is 0 Å². The van der Waals surface area contributed by atoms with Crippen LogP contribution in [0.1, 0.15) is 13.8 Å². The van der Waals surface area contributed by atoms with Crippen molar-refractivity contribution in [3.8, 4) is 0 Å². The first-order valence-corrected chi connectivity index (χ1v) is 6.39. The molecule has 4 N–H and O–H groups in total. The first-order valence-electron chi connectivity index (χ1n) is 6.39. The maximum absolute atomic E-state index is 10.7. The average Bonchev–Trinajstić information content (AvgIpc) is 2.49. The Morgan fingerprint density at radius 2 is 1.41 bits per heavy atom. The lowest BCUT2D eigenvalue weighted by atomic mass is 10.3. The van der Waals surface area contributed by atoms with Crippen LogP contribution in [0, 0.1) is 0 Å². The van der Waals surface area contributed by atoms with E-state index in [0.717, 1.165) is 0 Å². The molecule has 0 aliphatic rings. The molecule has 8 heteroatoms. The zero-order valence-corrected chi connectivity index (χ0v) is 12.8. The van der Waals surface area contributed by atoms with Gasteiger partial charge in [0.05, 0.1) is 19.8 Å². The highest BCUT2D eigenvalue weighted by atomic mass is 16.6. The molecule has 128 valence electrons. The highest BCUT2D eigenvalue weighted by Gasteiger charge is 2.11. The molecule has 0 aliphatic heterocycles. The minimum absolute atomic E-state index is 0.192. The summed E-state index contributed by atoms with van der Waals surface area (Å²) < 4.78 is 9.08. The van der Waals surface area contributed by atoms with E-state index >= 15 is 0 Å². The Hall–Kier alpha value is -1.74. The second-order valence-corrected chi connectivity index (χ2v) is 4.39. The predicted molar refractivity (Wildman–Crippen MR) is 77.7 cm³/mol. The van der Waals surface area contributed by atoms with Gasteiger partial charge in [0.25, 0.3) is 0 Å². The molecule has 0 bridgehead atoms. The van der Waals surface area contributed by atoms with E-state index in [-0.39, 0.29) is 31.0 Å². The molecule has 0 saturated heterocycles. The summed E-state index contributed by atoms with van der Waals surface area (Å²) in [5.74, 6) is -1.16. The van der Waals surface area contributed by atoms with Crippen molar-refractivity contribution < 1.29 is 39.5 Å². The van der Waals surface area contributed by atoms with Crippen molar-refractivity contribution in [2.75, 3.05) is 26.4 Å². The smallest absolute Gasteiger partial charge is 0.333 e. The molecule has 0 aliphatic carbocycles. The zero-order valence-electron chi connectivity index (χ0n) is 12.8. The van der Waals surface area contributed by atoms with E-state index in [9.17, 15) is 9.59 Å². The maximum atomic E-state index is 10.7. The summed E-state index contributed by atoms with van der Waals surface area (Å²) in [6.45, 7) is 8.32. The van der Waals surface area contributed by atoms with Crippen molar-refractivity contribution in [1.29, 1.82) is 0 Å². The number of rotatable bonds is 8. The second-order valence-electron chi connectivity index (χ2n) is 4.39. The molecule has 0 rings (SSSR count). The lowest BCUT2D eigenvalue weighted by Crippen LogP contribution is -2.25. The van der Waals surface area contributed by atoms with Gasteiger partial charge in [0.1, 0.15) is 18.8 Å². The largest absolute Gasteiger partial charge is 0.460 e. The SMILES string of the molecule is C=C(C)C(=O)OC(CO)CO.C=C(C)C(=O)OCC(O)CO. The normalized spacial score (nSPS) is 11.0. The van der Waals surface area contributed by atoms with Gasteiger partial charge in [0, 0.05) is 11.1 Å². The molecule has 0 spiro atoms. The molecule has 0 aromatic rings. The second kappa shape index (κ2) is 13.0. The van der Waals surface area contributed by atoms with Crippen LogP contribution in [0.5, 0.6) is 0 Å². The van der Waals surface area contributed by atoms with Crippen LogP contribution in [0.25, 0.3) is 0 Å². The summed E-state index contributed by atoms with van der Waals surface area (Å²) in [6.07, 6.45) is -1.84. The van der Waals surface area contributed by atoms with Gasteiger partial charge in [-0.25, -0.2) is 9.59 Å². The molecule has 0 saturated carbocycles. The molecular weight excluding hydrogens is 296 g/mol. The number of hydrogen-bond donors (Lipinski definition) is 4. The molecule has 22 heavy (non-hydrogen) atoms. The monoisotopic (exact) mass is 320 g/mol. The van der Waals surface area contributed by atoms with Crippen LogP contribution in [-0.4, -0.2) is 71.0 Å². The summed E-state index contributed by atoms with van der Waals surface area (Å²) in [5, 5.41) is 34.0. The Labute approximate surface area is 129 Å². The molecule has 0 heterocycles. The lowest BCUT2D eigenvalue weighted by Gasteiger charge is -2.11. The van der Waals surface area contributed by atoms with Crippen LogP contribution in [0.2, 0.25) is 0 Å². The average molecular weight is 320 g/mol. The summed E-state index contributed by atoms with van der Waals surface area (Å²) in [6, 6.07) is 0. The van der Waals surface area contributed by atoms with E-state index in [2.05, 4.69) is 22.6 Å². The lowest BCUT2D eigenvalue weighted by molar-refractivity contribution is -0.148. The highest BCUT2D eigenvalue weighted by molar-refractivity contribution is 5.87. The summed E-state index contributed by atoms with van der Waals surface area (Å²) in [4.78, 5) is 21.4. The molecule has 0 aromatic carbocycles. The Bertz CT molecular complexity index is 373. The van der Waals surface area contributed by atoms with Crippen molar-refractivity contribution in [1.82, 2.24) is 0 Å². The van der Waals surface area contributed by atoms with Crippen molar-refractivity contribution in [2.24, 2.45) is 0 Å². The number of hydrogen-bond acceptors (Lipinski definition) is 8. The molecular formula is C14H24O8. The van der Waals surface area contributed by atoms with E-state index in [1.54, 1.807) is 0 Å². The van der Waals surface area contributed by atoms with Gasteiger partial charge < -0.3 is 29.9 Å². The summed E-state index contributed by atoms with van der Waals surface area (Å²) >= 11 is 0. The molecule has 0 radical (unpaired) electrons. The fraction of sp³-hybridized carbons (Fsp3) is 0.571. The quantitative estimate of drug-likeness (QED) is 0.328. The molecule has 1 unspecified atom stereocenters. The Kier molecular flexibility index (Phi) is 13.3. The van der Waals surface area contributed by atoms with Gasteiger partial charge >= 0.3 is 11.9 Å². The fourth-order valence-corrected chi connectivity index (χ4v) is 0.732. The molecule has 0 amide bonds. The van der Waals surface area contributed by atoms with Gasteiger partial charge in [0.2, 0.25) is 0 Å². The van der Waals surface area contributed by atoms with Crippen molar-refractivity contribution >= 4 is 11.9 Å². The van der Waals surface area contributed by atoms with Crippen LogP contribution in [-0.2, 0) is 19.1 Å². The molecule has 8 nitrogen and oxygen atoms in total. The summed E-state index contributed by atoms with van der Waals surface area (Å²) in [5.41, 5.74) is 0.520. The van der Waals surface area contributed by atoms with Crippen LogP contribution in [0.4, 0.5) is 0 Å². The third-order valence-corrected chi connectivity index (χ3v) is 2.00. The number of carbonyl (C=O) groups is 2. The van der Waals surface area contributed by atoms with E-state index in [4.69, 9.17) is 20.4 Å². The minimum atomic E-state index is -1.00. The van der Waals surface area contributed by atoms with E-state index in [0.29, 0.717) is 0 Å². The van der Waals surface area contributed by atoms with Gasteiger partial charge in [-0.05, 0) is 13.8 Å². The topological polar surface area (TPSA) is 134 Å². The van der Waals surface area contributed by atoms with E-state index in [1.165, 1.54) is 13.8 Å². The number of ether oxygens (including phenoxy) is 2.